The molecule has 0 fully saturated rings. The first-order valence-corrected chi connectivity index (χ1v) is 7.31. The van der Waals surface area contributed by atoms with Crippen LogP contribution in [0.5, 0.6) is 5.75 Å². The van der Waals surface area contributed by atoms with Crippen molar-refractivity contribution < 1.29 is 4.74 Å². The fraction of sp³-hybridized carbons (Fsp3) is 0.467. The quantitative estimate of drug-likeness (QED) is 0.606. The van der Waals surface area contributed by atoms with E-state index in [-0.39, 0.29) is 0 Å². The molecule has 0 atom stereocenters. The van der Waals surface area contributed by atoms with Crippen LogP contribution in [0.4, 0.5) is 0 Å². The molecule has 3 heteroatoms. The third kappa shape index (κ3) is 4.14. The normalized spacial score (nSPS) is 15.9. The highest BCUT2D eigenvalue weighted by molar-refractivity contribution is 9.10. The van der Waals surface area contributed by atoms with Gasteiger partial charge in [0, 0.05) is 24.1 Å². The van der Waals surface area contributed by atoms with Crippen molar-refractivity contribution in [3.63, 3.8) is 0 Å². The summed E-state index contributed by atoms with van der Waals surface area (Å²) in [5.74, 6) is 0.967. The molecule has 0 saturated heterocycles. The summed E-state index contributed by atoms with van der Waals surface area (Å²) in [4.78, 5) is 2.47. The summed E-state index contributed by atoms with van der Waals surface area (Å²) >= 11 is 3.49. The maximum Gasteiger partial charge on any atom is 0.119 e. The standard InChI is InChI=1S/C15H20BrNO/c1-13-12-14(6-7-15(13)16)18-11-5-10-17-8-3-2-4-9-17/h2-3,6-7,12H,4-5,8-11H2,1H3. The van der Waals surface area contributed by atoms with Gasteiger partial charge in [-0.3, -0.25) is 4.90 Å². The monoisotopic (exact) mass is 309 g/mol. The minimum atomic E-state index is 0.793. The van der Waals surface area contributed by atoms with E-state index in [1.165, 1.54) is 18.5 Å². The van der Waals surface area contributed by atoms with E-state index in [0.29, 0.717) is 0 Å². The van der Waals surface area contributed by atoms with E-state index in [9.17, 15) is 0 Å². The van der Waals surface area contributed by atoms with Crippen LogP contribution in [-0.2, 0) is 0 Å². The molecular weight excluding hydrogens is 290 g/mol. The Morgan fingerprint density at radius 2 is 2.22 bits per heavy atom. The Bertz CT molecular complexity index is 417. The summed E-state index contributed by atoms with van der Waals surface area (Å²) < 4.78 is 6.90. The van der Waals surface area contributed by atoms with Crippen molar-refractivity contribution in [2.75, 3.05) is 26.2 Å². The van der Waals surface area contributed by atoms with Crippen LogP contribution in [0.15, 0.2) is 34.8 Å². The number of rotatable bonds is 5. The van der Waals surface area contributed by atoms with E-state index in [4.69, 9.17) is 4.74 Å². The van der Waals surface area contributed by atoms with Gasteiger partial charge in [0.05, 0.1) is 6.61 Å². The van der Waals surface area contributed by atoms with E-state index < -0.39 is 0 Å². The Morgan fingerprint density at radius 3 is 2.94 bits per heavy atom. The lowest BCUT2D eigenvalue weighted by atomic mass is 10.2. The number of ether oxygens (including phenoxy) is 1. The molecular formula is C15H20BrNO. The van der Waals surface area contributed by atoms with Crippen molar-refractivity contribution in [2.45, 2.75) is 19.8 Å². The highest BCUT2D eigenvalue weighted by atomic mass is 79.9. The van der Waals surface area contributed by atoms with Crippen molar-refractivity contribution in [3.05, 3.63) is 40.4 Å². The number of halogens is 1. The number of nitrogens with zero attached hydrogens (tertiary/aromatic N) is 1. The molecule has 98 valence electrons. The maximum atomic E-state index is 5.77. The Balaban J connectivity index is 1.68. The number of hydrogen-bond acceptors (Lipinski definition) is 2. The Hall–Kier alpha value is -0.800. The van der Waals surface area contributed by atoms with E-state index in [1.54, 1.807) is 0 Å². The second-order valence-electron chi connectivity index (χ2n) is 4.67. The summed E-state index contributed by atoms with van der Waals surface area (Å²) in [5, 5.41) is 0. The van der Waals surface area contributed by atoms with Gasteiger partial charge in [-0.15, -0.1) is 0 Å². The second kappa shape index (κ2) is 6.95. The van der Waals surface area contributed by atoms with E-state index in [2.05, 4.69) is 46.0 Å². The Labute approximate surface area is 118 Å². The molecule has 0 unspecified atom stereocenters. The fourth-order valence-electron chi connectivity index (χ4n) is 2.08. The molecule has 0 aliphatic carbocycles. The second-order valence-corrected chi connectivity index (χ2v) is 5.53. The van der Waals surface area contributed by atoms with E-state index >= 15 is 0 Å². The topological polar surface area (TPSA) is 12.5 Å². The van der Waals surface area contributed by atoms with Gasteiger partial charge in [0.1, 0.15) is 5.75 Å². The van der Waals surface area contributed by atoms with Crippen molar-refractivity contribution in [3.8, 4) is 5.75 Å². The molecule has 2 rings (SSSR count). The highest BCUT2D eigenvalue weighted by Gasteiger charge is 2.05. The van der Waals surface area contributed by atoms with Gasteiger partial charge in [-0.2, -0.15) is 0 Å². The Morgan fingerprint density at radius 1 is 1.33 bits per heavy atom. The first kappa shape index (κ1) is 13.6. The smallest absolute Gasteiger partial charge is 0.119 e. The zero-order valence-corrected chi connectivity index (χ0v) is 12.4. The van der Waals surface area contributed by atoms with Crippen LogP contribution >= 0.6 is 15.9 Å². The summed E-state index contributed by atoms with van der Waals surface area (Å²) in [6.07, 6.45) is 6.79. The molecule has 1 heterocycles. The fourth-order valence-corrected chi connectivity index (χ4v) is 2.32. The van der Waals surface area contributed by atoms with Gasteiger partial charge in [-0.1, -0.05) is 28.1 Å². The molecule has 0 N–H and O–H groups in total. The third-order valence-corrected chi connectivity index (χ3v) is 4.05. The lowest BCUT2D eigenvalue weighted by molar-refractivity contribution is 0.247. The minimum absolute atomic E-state index is 0.793. The molecule has 0 amide bonds. The number of hydrogen-bond donors (Lipinski definition) is 0. The molecule has 1 aromatic rings. The van der Waals surface area contributed by atoms with Crippen molar-refractivity contribution in [1.29, 1.82) is 0 Å². The predicted molar refractivity (Wildman–Crippen MR) is 79.2 cm³/mol. The average Bonchev–Trinajstić information content (AvgIpc) is 2.40. The van der Waals surface area contributed by atoms with E-state index in [1.807, 2.05) is 12.1 Å². The van der Waals surface area contributed by atoms with Crippen LogP contribution < -0.4 is 4.74 Å². The summed E-state index contributed by atoms with van der Waals surface area (Å²) in [6, 6.07) is 6.13. The van der Waals surface area contributed by atoms with Crippen molar-refractivity contribution >= 4 is 15.9 Å². The first-order valence-electron chi connectivity index (χ1n) is 6.52. The molecule has 0 bridgehead atoms. The first-order chi connectivity index (χ1) is 8.75. The molecule has 1 aromatic carbocycles. The lowest BCUT2D eigenvalue weighted by Crippen LogP contribution is -2.29. The lowest BCUT2D eigenvalue weighted by Gasteiger charge is -2.22. The number of benzene rings is 1. The molecule has 0 saturated carbocycles. The van der Waals surface area contributed by atoms with Gasteiger partial charge >= 0.3 is 0 Å². The molecule has 2 nitrogen and oxygen atoms in total. The van der Waals surface area contributed by atoms with E-state index in [0.717, 1.165) is 36.3 Å². The largest absolute Gasteiger partial charge is 0.494 e. The third-order valence-electron chi connectivity index (χ3n) is 3.16. The van der Waals surface area contributed by atoms with Crippen LogP contribution in [0.3, 0.4) is 0 Å². The molecule has 1 aliphatic heterocycles. The molecule has 18 heavy (non-hydrogen) atoms. The van der Waals surface area contributed by atoms with Gasteiger partial charge in [-0.25, -0.2) is 0 Å². The molecule has 0 aromatic heterocycles. The van der Waals surface area contributed by atoms with Crippen molar-refractivity contribution in [2.24, 2.45) is 0 Å². The average molecular weight is 310 g/mol. The molecule has 0 radical (unpaired) electrons. The number of aryl methyl sites for hydroxylation is 1. The van der Waals surface area contributed by atoms with Gasteiger partial charge in [0.2, 0.25) is 0 Å². The van der Waals surface area contributed by atoms with Crippen LogP contribution in [0, 0.1) is 6.92 Å². The van der Waals surface area contributed by atoms with Crippen molar-refractivity contribution in [1.82, 2.24) is 4.90 Å². The van der Waals surface area contributed by atoms with Crippen LogP contribution in [0.2, 0.25) is 0 Å². The summed E-state index contributed by atoms with van der Waals surface area (Å²) in [5.41, 5.74) is 1.22. The van der Waals surface area contributed by atoms with Crippen LogP contribution in [-0.4, -0.2) is 31.1 Å². The van der Waals surface area contributed by atoms with Gasteiger partial charge in [0.25, 0.3) is 0 Å². The SMILES string of the molecule is Cc1cc(OCCCN2CC=CCC2)ccc1Br. The molecule has 0 spiro atoms. The Kier molecular flexibility index (Phi) is 5.26. The summed E-state index contributed by atoms with van der Waals surface area (Å²) in [7, 11) is 0. The highest BCUT2D eigenvalue weighted by Crippen LogP contribution is 2.21. The van der Waals surface area contributed by atoms with Gasteiger partial charge < -0.3 is 4.74 Å². The van der Waals surface area contributed by atoms with Gasteiger partial charge in [0.15, 0.2) is 0 Å². The zero-order chi connectivity index (χ0) is 12.8. The maximum absolute atomic E-state index is 5.77. The van der Waals surface area contributed by atoms with Crippen LogP contribution in [0.25, 0.3) is 0 Å². The van der Waals surface area contributed by atoms with Crippen LogP contribution in [0.1, 0.15) is 18.4 Å². The zero-order valence-electron chi connectivity index (χ0n) is 10.9. The molecule has 1 aliphatic rings. The minimum Gasteiger partial charge on any atom is -0.494 e. The summed E-state index contributed by atoms with van der Waals surface area (Å²) in [6.45, 7) is 6.28. The predicted octanol–water partition coefficient (Wildman–Crippen LogP) is 3.79. The van der Waals surface area contributed by atoms with Gasteiger partial charge in [-0.05, 0) is 43.5 Å².